The third-order valence-electron chi connectivity index (χ3n) is 3.77. The van der Waals surface area contributed by atoms with E-state index in [1.54, 1.807) is 13.0 Å². The first-order valence-corrected chi connectivity index (χ1v) is 7.67. The molecule has 2 N–H and O–H groups in total. The van der Waals surface area contributed by atoms with E-state index in [9.17, 15) is 4.79 Å². The monoisotopic (exact) mass is 304 g/mol. The number of H-pyrrole nitrogens is 1. The Kier molecular flexibility index (Phi) is 4.02. The Bertz CT molecular complexity index is 889. The maximum absolute atomic E-state index is 11.2. The number of benzene rings is 2. The molecule has 0 bridgehead atoms. The highest BCUT2D eigenvalue weighted by Gasteiger charge is 2.07. The van der Waals surface area contributed by atoms with Crippen LogP contribution < -0.4 is 5.32 Å². The van der Waals surface area contributed by atoms with E-state index >= 15 is 0 Å². The maximum atomic E-state index is 11.2. The summed E-state index contributed by atoms with van der Waals surface area (Å²) in [6.07, 6.45) is 1.60. The van der Waals surface area contributed by atoms with Gasteiger partial charge in [0, 0.05) is 28.0 Å². The quantitative estimate of drug-likeness (QED) is 0.663. The molecule has 0 fully saturated rings. The molecule has 0 radical (unpaired) electrons. The Hall–Kier alpha value is -2.81. The number of rotatable bonds is 4. The van der Waals surface area contributed by atoms with E-state index in [0.717, 1.165) is 28.0 Å². The Morgan fingerprint density at radius 3 is 2.52 bits per heavy atom. The van der Waals surface area contributed by atoms with Gasteiger partial charge in [-0.2, -0.15) is 0 Å². The normalized spacial score (nSPS) is 11.7. The molecule has 0 atom stereocenters. The summed E-state index contributed by atoms with van der Waals surface area (Å²) in [6, 6.07) is 16.6. The average Bonchev–Trinajstić information content (AvgIpc) is 2.92. The molecule has 0 spiro atoms. The van der Waals surface area contributed by atoms with Gasteiger partial charge in [-0.25, -0.2) is 0 Å². The molecule has 0 saturated heterocycles. The van der Waals surface area contributed by atoms with E-state index in [0.29, 0.717) is 0 Å². The summed E-state index contributed by atoms with van der Waals surface area (Å²) in [4.78, 5) is 14.7. The van der Waals surface area contributed by atoms with Gasteiger partial charge >= 0.3 is 0 Å². The van der Waals surface area contributed by atoms with Gasteiger partial charge in [0.25, 0.3) is 0 Å². The number of anilines is 1. The van der Waals surface area contributed by atoms with Crippen LogP contribution in [0.25, 0.3) is 22.2 Å². The number of hydrogen-bond acceptors (Lipinski definition) is 2. The molecule has 0 aliphatic heterocycles. The van der Waals surface area contributed by atoms with E-state index in [1.807, 2.05) is 25.1 Å². The first-order chi connectivity index (χ1) is 11.0. The molecule has 0 aliphatic carbocycles. The fraction of sp³-hybridized carbons (Fsp3) is 0.150. The number of ketones is 1. The fourth-order valence-corrected chi connectivity index (χ4v) is 2.84. The number of nitrogens with one attached hydrogen (secondary N) is 2. The summed E-state index contributed by atoms with van der Waals surface area (Å²) >= 11 is 0. The highest BCUT2D eigenvalue weighted by Crippen LogP contribution is 2.29. The lowest BCUT2D eigenvalue weighted by Gasteiger charge is -2.08. The minimum absolute atomic E-state index is 0.0424. The number of fused-ring (bicyclic) bond motifs is 1. The zero-order valence-electron chi connectivity index (χ0n) is 13.6. The molecule has 116 valence electrons. The zero-order chi connectivity index (χ0) is 16.4. The SMILES string of the molecule is CC(=O)/C=C(\C)Nc1cc(C)c2[nH]c(-c3ccccc3)cc2c1. The second kappa shape index (κ2) is 6.13. The molecular formula is C20H20N2O. The zero-order valence-corrected chi connectivity index (χ0v) is 13.6. The largest absolute Gasteiger partial charge is 0.359 e. The summed E-state index contributed by atoms with van der Waals surface area (Å²) in [5, 5.41) is 4.44. The molecule has 3 nitrogen and oxygen atoms in total. The van der Waals surface area contributed by atoms with Crippen LogP contribution in [0.15, 0.2) is 60.3 Å². The first-order valence-electron chi connectivity index (χ1n) is 7.67. The third-order valence-corrected chi connectivity index (χ3v) is 3.77. The number of aromatic amines is 1. The first kappa shape index (κ1) is 15.1. The number of allylic oxidation sites excluding steroid dienone is 2. The van der Waals surface area contributed by atoms with Crippen LogP contribution in [0, 0.1) is 6.92 Å². The maximum Gasteiger partial charge on any atom is 0.154 e. The molecule has 3 rings (SSSR count). The van der Waals surface area contributed by atoms with Gasteiger partial charge in [0.15, 0.2) is 5.78 Å². The van der Waals surface area contributed by atoms with Crippen molar-refractivity contribution in [3.63, 3.8) is 0 Å². The Morgan fingerprint density at radius 1 is 1.09 bits per heavy atom. The van der Waals surface area contributed by atoms with Crippen molar-refractivity contribution in [2.24, 2.45) is 0 Å². The number of carbonyl (C=O) groups excluding carboxylic acids is 1. The van der Waals surface area contributed by atoms with Crippen molar-refractivity contribution < 1.29 is 4.79 Å². The third kappa shape index (κ3) is 3.34. The Labute approximate surface area is 136 Å². The molecule has 3 aromatic rings. The predicted octanol–water partition coefficient (Wildman–Crippen LogP) is 5.05. The second-order valence-electron chi connectivity index (χ2n) is 5.87. The molecule has 0 amide bonds. The van der Waals surface area contributed by atoms with Crippen molar-refractivity contribution in [2.45, 2.75) is 20.8 Å². The summed E-state index contributed by atoms with van der Waals surface area (Å²) in [5.41, 5.74) is 6.42. The van der Waals surface area contributed by atoms with Crippen molar-refractivity contribution in [3.8, 4) is 11.3 Å². The van der Waals surface area contributed by atoms with E-state index in [1.165, 1.54) is 11.1 Å². The lowest BCUT2D eigenvalue weighted by atomic mass is 10.1. The van der Waals surface area contributed by atoms with Gasteiger partial charge in [-0.15, -0.1) is 0 Å². The van der Waals surface area contributed by atoms with Crippen LogP contribution in [0.4, 0.5) is 5.69 Å². The lowest BCUT2D eigenvalue weighted by molar-refractivity contribution is -0.112. The van der Waals surface area contributed by atoms with Crippen molar-refractivity contribution in [3.05, 3.63) is 65.9 Å². The van der Waals surface area contributed by atoms with Crippen molar-refractivity contribution in [2.75, 3.05) is 5.32 Å². The molecule has 0 unspecified atom stereocenters. The number of carbonyl (C=O) groups is 1. The smallest absolute Gasteiger partial charge is 0.154 e. The molecule has 2 aromatic carbocycles. The standard InChI is InChI=1S/C20H20N2O/c1-13-9-18(21-14(2)10-15(3)23)11-17-12-19(22-20(13)17)16-7-5-4-6-8-16/h4-12,21-22H,1-3H3/b14-10+. The van der Waals surface area contributed by atoms with Crippen LogP contribution in [0.3, 0.4) is 0 Å². The van der Waals surface area contributed by atoms with Crippen LogP contribution in [0.1, 0.15) is 19.4 Å². The molecule has 23 heavy (non-hydrogen) atoms. The van der Waals surface area contributed by atoms with Crippen LogP contribution in [0.5, 0.6) is 0 Å². The highest BCUT2D eigenvalue weighted by molar-refractivity contribution is 5.92. The van der Waals surface area contributed by atoms with E-state index < -0.39 is 0 Å². The lowest BCUT2D eigenvalue weighted by Crippen LogP contribution is -1.98. The van der Waals surface area contributed by atoms with Gasteiger partial charge in [0.2, 0.25) is 0 Å². The van der Waals surface area contributed by atoms with E-state index in [4.69, 9.17) is 0 Å². The molecule has 3 heteroatoms. The van der Waals surface area contributed by atoms with Gasteiger partial charge in [-0.05, 0) is 56.2 Å². The summed E-state index contributed by atoms with van der Waals surface area (Å²) < 4.78 is 0. The molecular weight excluding hydrogens is 284 g/mol. The predicted molar refractivity (Wildman–Crippen MR) is 96.5 cm³/mol. The van der Waals surface area contributed by atoms with Gasteiger partial charge in [-0.3, -0.25) is 4.79 Å². The molecule has 1 heterocycles. The molecule has 1 aromatic heterocycles. The summed E-state index contributed by atoms with van der Waals surface area (Å²) in [7, 11) is 0. The number of aryl methyl sites for hydroxylation is 1. The van der Waals surface area contributed by atoms with Gasteiger partial charge in [-0.1, -0.05) is 30.3 Å². The van der Waals surface area contributed by atoms with Gasteiger partial charge < -0.3 is 10.3 Å². The number of hydrogen-bond donors (Lipinski definition) is 2. The summed E-state index contributed by atoms with van der Waals surface area (Å²) in [5.74, 6) is 0.0424. The minimum atomic E-state index is 0.0424. The van der Waals surface area contributed by atoms with Crippen LogP contribution in [0.2, 0.25) is 0 Å². The van der Waals surface area contributed by atoms with Gasteiger partial charge in [0.05, 0.1) is 0 Å². The topological polar surface area (TPSA) is 44.9 Å². The Morgan fingerprint density at radius 2 is 1.83 bits per heavy atom. The van der Waals surface area contributed by atoms with Crippen LogP contribution >= 0.6 is 0 Å². The minimum Gasteiger partial charge on any atom is -0.359 e. The fourth-order valence-electron chi connectivity index (χ4n) is 2.84. The molecule has 0 saturated carbocycles. The Balaban J connectivity index is 2.00. The second-order valence-corrected chi connectivity index (χ2v) is 5.87. The van der Waals surface area contributed by atoms with Crippen LogP contribution in [-0.2, 0) is 4.79 Å². The van der Waals surface area contributed by atoms with Crippen molar-refractivity contribution in [1.82, 2.24) is 4.98 Å². The van der Waals surface area contributed by atoms with Crippen molar-refractivity contribution in [1.29, 1.82) is 0 Å². The molecule has 0 aliphatic rings. The summed E-state index contributed by atoms with van der Waals surface area (Å²) in [6.45, 7) is 5.54. The van der Waals surface area contributed by atoms with Crippen molar-refractivity contribution >= 4 is 22.4 Å². The van der Waals surface area contributed by atoms with E-state index in [-0.39, 0.29) is 5.78 Å². The van der Waals surface area contributed by atoms with Crippen LogP contribution in [-0.4, -0.2) is 10.8 Å². The number of aromatic nitrogens is 1. The van der Waals surface area contributed by atoms with E-state index in [2.05, 4.69) is 47.6 Å². The highest BCUT2D eigenvalue weighted by atomic mass is 16.1. The average molecular weight is 304 g/mol. The van der Waals surface area contributed by atoms with Gasteiger partial charge in [0.1, 0.15) is 0 Å².